The molecule has 0 rings (SSSR count). The van der Waals surface area contributed by atoms with E-state index in [1.165, 1.54) is 0 Å². The van der Waals surface area contributed by atoms with Crippen molar-refractivity contribution >= 4 is 0 Å². The molecule has 4 heavy (non-hydrogen) atoms. The summed E-state index contributed by atoms with van der Waals surface area (Å²) in [7, 11) is 0. The first-order chi connectivity index (χ1) is 0. The first-order valence-electron chi connectivity index (χ1n) is 0. The van der Waals surface area contributed by atoms with Crippen LogP contribution in [0.5, 0.6) is 0 Å². The molecule has 0 radical (unpaired) electrons. The molecule has 0 unspecified atom stereocenters. The van der Waals surface area contributed by atoms with E-state index in [1.807, 2.05) is 0 Å². The van der Waals surface area contributed by atoms with E-state index in [4.69, 9.17) is 0 Å². The fourth-order valence-corrected chi connectivity index (χ4v) is 0. The van der Waals surface area contributed by atoms with Crippen LogP contribution >= 0.6 is 0 Å². The summed E-state index contributed by atoms with van der Waals surface area (Å²) in [6, 6.07) is 0. The van der Waals surface area contributed by atoms with E-state index >= 15 is 0 Å². The second-order valence-corrected chi connectivity index (χ2v) is 0. The third kappa shape index (κ3) is 8.95. The molecule has 0 saturated carbocycles. The smallest absolute Gasteiger partial charge is 0 e. The van der Waals surface area contributed by atoms with Crippen LogP contribution in [0.2, 0.25) is 0 Å². The molecule has 0 aromatic heterocycles. The van der Waals surface area contributed by atoms with Crippen molar-refractivity contribution in [2.45, 2.75) is 0 Å². The molecule has 0 amide bonds. The molecule has 0 aliphatic carbocycles. The van der Waals surface area contributed by atoms with Crippen molar-refractivity contribution in [1.29, 1.82) is 0 Å². The molecule has 0 atom stereocenters. The van der Waals surface area contributed by atoms with Crippen LogP contribution in [0.1, 0.15) is 0 Å². The number of hydrogen-bond donors (Lipinski definition) is 0. The summed E-state index contributed by atoms with van der Waals surface area (Å²) in [5.41, 5.74) is 0. The fraction of sp³-hybridized carbons (Fsp3) is 0. The Bertz CT molecular complexity index is 0. The Kier molecular flexibility index (Phi) is 177. The van der Waals surface area contributed by atoms with Gasteiger partial charge in [0.25, 0.3) is 0 Å². The van der Waals surface area contributed by atoms with Gasteiger partial charge in [-0.3, -0.25) is 0 Å². The second-order valence-electron chi connectivity index (χ2n) is 0. The normalized spacial score (nSPS) is 0. The minimum absolute atomic E-state index is 0. The van der Waals surface area contributed by atoms with Crippen LogP contribution in [0, 0.1) is 0 Å². The Hall–Kier alpha value is 2.08. The van der Waals surface area contributed by atoms with Gasteiger partial charge in [0, 0.05) is 68.3 Å². The van der Waals surface area contributed by atoms with Crippen LogP contribution in [-0.4, -0.2) is 0 Å². The summed E-state index contributed by atoms with van der Waals surface area (Å²) in [6.07, 6.45) is 0. The van der Waals surface area contributed by atoms with E-state index < -0.39 is 0 Å². The molecule has 0 aliphatic rings. The fourth-order valence-electron chi connectivity index (χ4n) is 0. The summed E-state index contributed by atoms with van der Waals surface area (Å²) in [6.45, 7) is 0. The Morgan fingerprint density at radius 1 is 0.250 bits per heavy atom. The minimum atomic E-state index is 0. The van der Waals surface area contributed by atoms with Crippen molar-refractivity contribution in [2.24, 2.45) is 0 Å². The van der Waals surface area contributed by atoms with E-state index in [0.29, 0.717) is 0 Å². The molecule has 4 heteroatoms. The van der Waals surface area contributed by atoms with Crippen LogP contribution in [0.3, 0.4) is 0 Å². The predicted octanol–water partition coefficient (Wildman–Crippen LogP) is -0.0100. The first-order valence-corrected chi connectivity index (χ1v) is 0. The molecular formula is Fe4. The molecule has 0 aliphatic heterocycles. The summed E-state index contributed by atoms with van der Waals surface area (Å²) in [5.74, 6) is 0. The van der Waals surface area contributed by atoms with Crippen molar-refractivity contribution in [3.8, 4) is 0 Å². The van der Waals surface area contributed by atoms with Crippen molar-refractivity contribution in [2.75, 3.05) is 0 Å². The topological polar surface area (TPSA) is 0 Å². The van der Waals surface area contributed by atoms with Gasteiger partial charge >= 0.3 is 0 Å². The summed E-state index contributed by atoms with van der Waals surface area (Å²) in [4.78, 5) is 0. The van der Waals surface area contributed by atoms with E-state index in [0.717, 1.165) is 0 Å². The van der Waals surface area contributed by atoms with Crippen molar-refractivity contribution < 1.29 is 68.3 Å². The zero-order valence-corrected chi connectivity index (χ0v) is 5.83. The van der Waals surface area contributed by atoms with E-state index in [2.05, 4.69) is 0 Å². The largest absolute Gasteiger partial charge is 0 e. The van der Waals surface area contributed by atoms with Gasteiger partial charge in [-0.15, -0.1) is 0 Å². The molecule has 0 heterocycles. The van der Waals surface area contributed by atoms with E-state index in [1.54, 1.807) is 0 Å². The Morgan fingerprint density at radius 3 is 0.250 bits per heavy atom. The van der Waals surface area contributed by atoms with Gasteiger partial charge < -0.3 is 0 Å². The Balaban J connectivity index is 0. The molecule has 0 spiro atoms. The van der Waals surface area contributed by atoms with Crippen LogP contribution in [0.15, 0.2) is 0 Å². The van der Waals surface area contributed by atoms with Crippen LogP contribution in [0.25, 0.3) is 0 Å². The molecule has 32 valence electrons. The van der Waals surface area contributed by atoms with E-state index in [9.17, 15) is 0 Å². The number of hydrogen-bond acceptors (Lipinski definition) is 0. The third-order valence-electron chi connectivity index (χ3n) is 0. The predicted molar refractivity (Wildman–Crippen MR) is 0 cm³/mol. The van der Waals surface area contributed by atoms with Gasteiger partial charge in [-0.25, -0.2) is 0 Å². The molecule has 0 nitrogen and oxygen atoms in total. The van der Waals surface area contributed by atoms with Gasteiger partial charge in [0.1, 0.15) is 0 Å². The van der Waals surface area contributed by atoms with Gasteiger partial charge in [0.05, 0.1) is 0 Å². The average Bonchev–Trinajstić information content (AvgIpc) is 0. The van der Waals surface area contributed by atoms with Crippen LogP contribution < -0.4 is 0 Å². The zero-order chi connectivity index (χ0) is 0. The monoisotopic (exact) mass is 224 g/mol. The molecule has 0 aromatic carbocycles. The van der Waals surface area contributed by atoms with Gasteiger partial charge in [-0.2, -0.15) is 0 Å². The molecule has 0 saturated heterocycles. The minimum Gasteiger partial charge on any atom is 0 e. The molecule has 0 fully saturated rings. The standard InChI is InChI=1S/4Fe. The van der Waals surface area contributed by atoms with Crippen molar-refractivity contribution in [1.82, 2.24) is 0 Å². The number of rotatable bonds is 0. The van der Waals surface area contributed by atoms with Gasteiger partial charge in [0.2, 0.25) is 0 Å². The van der Waals surface area contributed by atoms with Crippen LogP contribution in [-0.2, 0) is 68.3 Å². The maximum atomic E-state index is 0. The summed E-state index contributed by atoms with van der Waals surface area (Å²) < 4.78 is 0. The van der Waals surface area contributed by atoms with Crippen molar-refractivity contribution in [3.05, 3.63) is 0 Å². The molecule has 0 N–H and O–H groups in total. The zero-order valence-electron chi connectivity index (χ0n) is 1.41. The quantitative estimate of drug-likeness (QED) is 0.507. The van der Waals surface area contributed by atoms with Crippen LogP contribution in [0.4, 0.5) is 0 Å². The SMILES string of the molecule is [Fe].[Fe].[Fe].[Fe]. The van der Waals surface area contributed by atoms with E-state index in [-0.39, 0.29) is 68.3 Å². The van der Waals surface area contributed by atoms with Gasteiger partial charge in [0.15, 0.2) is 0 Å². The van der Waals surface area contributed by atoms with Gasteiger partial charge in [-0.1, -0.05) is 0 Å². The average molecular weight is 223 g/mol. The maximum Gasteiger partial charge on any atom is 0 e. The summed E-state index contributed by atoms with van der Waals surface area (Å²) in [5, 5.41) is 0. The second kappa shape index (κ2) is 19.6. The first kappa shape index (κ1) is 36.3. The molecule has 0 bridgehead atoms. The Labute approximate surface area is 67.8 Å². The summed E-state index contributed by atoms with van der Waals surface area (Å²) >= 11 is 0. The maximum absolute atomic E-state index is 0. The van der Waals surface area contributed by atoms with Gasteiger partial charge in [-0.05, 0) is 0 Å². The van der Waals surface area contributed by atoms with Crippen molar-refractivity contribution in [3.63, 3.8) is 0 Å². The Morgan fingerprint density at radius 2 is 0.250 bits per heavy atom. The molecule has 0 aromatic rings. The third-order valence-corrected chi connectivity index (χ3v) is 0. The molecular weight excluding hydrogens is 223 g/mol.